The number of alkyl halides is 1. The van der Waals surface area contributed by atoms with Crippen molar-refractivity contribution in [1.29, 1.82) is 0 Å². The van der Waals surface area contributed by atoms with Crippen molar-refractivity contribution in [2.45, 2.75) is 12.3 Å². The molecule has 0 saturated heterocycles. The van der Waals surface area contributed by atoms with Crippen LogP contribution < -0.4 is 11.1 Å². The first-order valence-corrected chi connectivity index (χ1v) is 7.18. The van der Waals surface area contributed by atoms with E-state index in [4.69, 9.17) is 17.3 Å². The number of hydrogen-bond donors (Lipinski definition) is 2. The number of anilines is 1. The lowest BCUT2D eigenvalue weighted by Crippen LogP contribution is -2.22. The number of hydrogen-bond acceptors (Lipinski definition) is 3. The fourth-order valence-electron chi connectivity index (χ4n) is 1.62. The predicted molar refractivity (Wildman–Crippen MR) is 82.2 cm³/mol. The van der Waals surface area contributed by atoms with E-state index in [9.17, 15) is 9.59 Å². The van der Waals surface area contributed by atoms with Crippen molar-refractivity contribution in [3.8, 4) is 10.4 Å². The molecule has 1 aromatic heterocycles. The Labute approximate surface area is 125 Å². The van der Waals surface area contributed by atoms with Gasteiger partial charge in [0, 0.05) is 4.88 Å². The molecule has 0 aliphatic heterocycles. The fraction of sp³-hybridized carbons (Fsp3) is 0.143. The maximum Gasteiger partial charge on any atom is 0.251 e. The van der Waals surface area contributed by atoms with Crippen molar-refractivity contribution < 1.29 is 9.59 Å². The van der Waals surface area contributed by atoms with Gasteiger partial charge in [0.25, 0.3) is 5.91 Å². The van der Waals surface area contributed by atoms with Crippen molar-refractivity contribution in [3.05, 3.63) is 42.0 Å². The van der Waals surface area contributed by atoms with Gasteiger partial charge in [0.2, 0.25) is 5.91 Å². The first-order chi connectivity index (χ1) is 9.49. The number of thiophene rings is 1. The molecule has 0 fully saturated rings. The summed E-state index contributed by atoms with van der Waals surface area (Å²) in [7, 11) is 0. The van der Waals surface area contributed by atoms with E-state index in [1.54, 1.807) is 13.0 Å². The molecule has 1 heterocycles. The Balaban J connectivity index is 2.39. The number of primary amides is 1. The highest BCUT2D eigenvalue weighted by Crippen LogP contribution is 2.35. The summed E-state index contributed by atoms with van der Waals surface area (Å²) in [5.74, 6) is -0.948. The molecule has 0 bridgehead atoms. The average Bonchev–Trinajstić information content (AvgIpc) is 2.83. The number of carbonyl (C=O) groups excluding carboxylic acids is 2. The van der Waals surface area contributed by atoms with E-state index in [2.05, 4.69) is 5.32 Å². The quantitative estimate of drug-likeness (QED) is 0.852. The van der Waals surface area contributed by atoms with Gasteiger partial charge in [0.15, 0.2) is 0 Å². The topological polar surface area (TPSA) is 72.2 Å². The molecule has 4 nitrogen and oxygen atoms in total. The van der Waals surface area contributed by atoms with Gasteiger partial charge in [-0.2, -0.15) is 0 Å². The SMILES string of the molecule is C[C@@H](Cl)C(=O)Nc1sc(-c2ccccc2)cc1C(N)=O. The zero-order valence-corrected chi connectivity index (χ0v) is 12.3. The van der Waals surface area contributed by atoms with Crippen LogP contribution in [0.3, 0.4) is 0 Å². The summed E-state index contributed by atoms with van der Waals surface area (Å²) in [5, 5.41) is 2.37. The summed E-state index contributed by atoms with van der Waals surface area (Å²) < 4.78 is 0. The van der Waals surface area contributed by atoms with Gasteiger partial charge in [0.1, 0.15) is 10.4 Å². The molecule has 0 unspecified atom stereocenters. The molecule has 0 aliphatic rings. The molecular weight excluding hydrogens is 296 g/mol. The lowest BCUT2D eigenvalue weighted by Gasteiger charge is -2.05. The molecule has 20 heavy (non-hydrogen) atoms. The fourth-order valence-corrected chi connectivity index (χ4v) is 2.75. The minimum Gasteiger partial charge on any atom is -0.366 e. The van der Waals surface area contributed by atoms with Crippen molar-refractivity contribution >= 4 is 39.8 Å². The molecule has 104 valence electrons. The minimum atomic E-state index is -0.682. The highest BCUT2D eigenvalue weighted by atomic mass is 35.5. The van der Waals surface area contributed by atoms with Crippen molar-refractivity contribution in [2.75, 3.05) is 5.32 Å². The van der Waals surface area contributed by atoms with Crippen LogP contribution in [-0.2, 0) is 4.79 Å². The molecular formula is C14H13ClN2O2S. The van der Waals surface area contributed by atoms with E-state index in [0.29, 0.717) is 10.6 Å². The Bertz CT molecular complexity index is 638. The molecule has 0 saturated carbocycles. The summed E-state index contributed by atoms with van der Waals surface area (Å²) in [6.45, 7) is 1.56. The minimum absolute atomic E-state index is 0.291. The number of halogens is 1. The predicted octanol–water partition coefficient (Wildman–Crippen LogP) is 3.08. The monoisotopic (exact) mass is 308 g/mol. The second-order valence-electron chi connectivity index (χ2n) is 4.19. The van der Waals surface area contributed by atoms with Crippen LogP contribution in [0.4, 0.5) is 5.00 Å². The largest absolute Gasteiger partial charge is 0.366 e. The summed E-state index contributed by atoms with van der Waals surface area (Å²) in [6, 6.07) is 11.2. The van der Waals surface area contributed by atoms with E-state index in [1.807, 2.05) is 30.3 Å². The Morgan fingerprint density at radius 3 is 2.50 bits per heavy atom. The van der Waals surface area contributed by atoms with Gasteiger partial charge in [-0.15, -0.1) is 22.9 Å². The molecule has 3 N–H and O–H groups in total. The molecule has 1 aromatic carbocycles. The summed E-state index contributed by atoms with van der Waals surface area (Å²) >= 11 is 7.01. The summed E-state index contributed by atoms with van der Waals surface area (Å²) in [5.41, 5.74) is 6.59. The van der Waals surface area contributed by atoms with Crippen molar-refractivity contribution in [2.24, 2.45) is 5.73 Å². The van der Waals surface area contributed by atoms with Crippen LogP contribution in [0.2, 0.25) is 0 Å². The van der Waals surface area contributed by atoms with Gasteiger partial charge in [-0.3, -0.25) is 9.59 Å². The van der Waals surface area contributed by atoms with Crippen molar-refractivity contribution in [1.82, 2.24) is 0 Å². The van der Waals surface area contributed by atoms with Crippen LogP contribution in [0, 0.1) is 0 Å². The number of carbonyl (C=O) groups is 2. The molecule has 2 amide bonds. The smallest absolute Gasteiger partial charge is 0.251 e. The highest BCUT2D eigenvalue weighted by molar-refractivity contribution is 7.20. The van der Waals surface area contributed by atoms with Crippen LogP contribution in [0.1, 0.15) is 17.3 Å². The third kappa shape index (κ3) is 3.18. The molecule has 0 spiro atoms. The third-order valence-corrected chi connectivity index (χ3v) is 3.95. The van der Waals surface area contributed by atoms with Gasteiger partial charge < -0.3 is 11.1 Å². The first-order valence-electron chi connectivity index (χ1n) is 5.93. The normalized spacial score (nSPS) is 11.9. The maximum atomic E-state index is 11.6. The second-order valence-corrected chi connectivity index (χ2v) is 5.90. The van der Waals surface area contributed by atoms with Crippen molar-refractivity contribution in [3.63, 3.8) is 0 Å². The van der Waals surface area contributed by atoms with Gasteiger partial charge in [-0.25, -0.2) is 0 Å². The number of amides is 2. The van der Waals surface area contributed by atoms with Crippen LogP contribution in [0.25, 0.3) is 10.4 Å². The molecule has 1 atom stereocenters. The van der Waals surface area contributed by atoms with Gasteiger partial charge in [-0.1, -0.05) is 30.3 Å². The van der Waals surface area contributed by atoms with Gasteiger partial charge in [-0.05, 0) is 18.6 Å². The van der Waals surface area contributed by atoms with E-state index in [-0.39, 0.29) is 5.91 Å². The van der Waals surface area contributed by atoms with E-state index >= 15 is 0 Å². The zero-order valence-electron chi connectivity index (χ0n) is 10.7. The Morgan fingerprint density at radius 1 is 1.30 bits per heavy atom. The molecule has 2 rings (SSSR count). The molecule has 0 radical (unpaired) electrons. The maximum absolute atomic E-state index is 11.6. The van der Waals surface area contributed by atoms with Crippen LogP contribution in [-0.4, -0.2) is 17.2 Å². The number of nitrogens with two attached hydrogens (primary N) is 1. The Morgan fingerprint density at radius 2 is 1.95 bits per heavy atom. The first kappa shape index (κ1) is 14.6. The molecule has 6 heteroatoms. The van der Waals surface area contributed by atoms with Gasteiger partial charge >= 0.3 is 0 Å². The highest BCUT2D eigenvalue weighted by Gasteiger charge is 2.18. The molecule has 2 aromatic rings. The lowest BCUT2D eigenvalue weighted by atomic mass is 10.1. The number of rotatable bonds is 4. The third-order valence-electron chi connectivity index (χ3n) is 2.65. The Hall–Kier alpha value is -1.85. The molecule has 0 aliphatic carbocycles. The Kier molecular flexibility index (Phi) is 4.42. The zero-order chi connectivity index (χ0) is 14.7. The standard InChI is InChI=1S/C14H13ClN2O2S/c1-8(15)13(19)17-14-10(12(16)18)7-11(20-14)9-5-3-2-4-6-9/h2-8H,1H3,(H2,16,18)(H,17,19)/t8-/m1/s1. The average molecular weight is 309 g/mol. The van der Waals surface area contributed by atoms with E-state index < -0.39 is 11.3 Å². The summed E-state index contributed by atoms with van der Waals surface area (Å²) in [6.07, 6.45) is 0. The van der Waals surface area contributed by atoms with E-state index in [1.165, 1.54) is 11.3 Å². The number of benzene rings is 1. The van der Waals surface area contributed by atoms with Crippen LogP contribution in [0.15, 0.2) is 36.4 Å². The second kappa shape index (κ2) is 6.07. The van der Waals surface area contributed by atoms with Crippen LogP contribution in [0.5, 0.6) is 0 Å². The van der Waals surface area contributed by atoms with Gasteiger partial charge in [0.05, 0.1) is 5.56 Å². The summed E-state index contributed by atoms with van der Waals surface area (Å²) in [4.78, 5) is 24.0. The number of nitrogens with one attached hydrogen (secondary N) is 1. The van der Waals surface area contributed by atoms with E-state index in [0.717, 1.165) is 10.4 Å². The lowest BCUT2D eigenvalue weighted by molar-refractivity contribution is -0.115. The van der Waals surface area contributed by atoms with Crippen LogP contribution >= 0.6 is 22.9 Å².